The Morgan fingerprint density at radius 3 is 2.92 bits per heavy atom. The molecule has 2 aliphatic rings. The van der Waals surface area contributed by atoms with Gasteiger partial charge in [-0.05, 0) is 70.2 Å². The first kappa shape index (κ1) is 17.1. The highest BCUT2D eigenvalue weighted by atomic mass is 16.6. The normalized spacial score (nSPS) is 21.1. The van der Waals surface area contributed by atoms with Gasteiger partial charge >= 0.3 is 6.09 Å². The van der Waals surface area contributed by atoms with Gasteiger partial charge < -0.3 is 14.8 Å². The summed E-state index contributed by atoms with van der Waals surface area (Å²) in [7, 11) is 0. The standard InChI is InChI=1S/C19H28N2O3/c1-19(2,3)24-18(22)21-10-8-14-13-16(6-7-17(14)21)20-15-5-4-11-23-12-9-15/h6-7,13,15,20H,4-5,8-12H2,1-3H3/t15-/m0/s1. The van der Waals surface area contributed by atoms with Gasteiger partial charge in [-0.3, -0.25) is 4.90 Å². The van der Waals surface area contributed by atoms with E-state index in [1.807, 2.05) is 26.8 Å². The summed E-state index contributed by atoms with van der Waals surface area (Å²) in [5, 5.41) is 3.62. The van der Waals surface area contributed by atoms with Gasteiger partial charge in [0.1, 0.15) is 5.60 Å². The zero-order valence-corrected chi connectivity index (χ0v) is 14.9. The van der Waals surface area contributed by atoms with E-state index in [9.17, 15) is 4.79 Å². The minimum atomic E-state index is -0.469. The lowest BCUT2D eigenvalue weighted by molar-refractivity contribution is 0.0584. The summed E-state index contributed by atoms with van der Waals surface area (Å²) < 4.78 is 11.0. The largest absolute Gasteiger partial charge is 0.443 e. The van der Waals surface area contributed by atoms with Gasteiger partial charge in [-0.25, -0.2) is 4.79 Å². The maximum absolute atomic E-state index is 12.3. The summed E-state index contributed by atoms with van der Waals surface area (Å²) in [4.78, 5) is 14.1. The monoisotopic (exact) mass is 332 g/mol. The molecule has 1 saturated heterocycles. The molecule has 132 valence electrons. The Morgan fingerprint density at radius 1 is 1.29 bits per heavy atom. The minimum Gasteiger partial charge on any atom is -0.443 e. The first-order chi connectivity index (χ1) is 11.4. The predicted molar refractivity (Wildman–Crippen MR) is 95.8 cm³/mol. The third-order valence-electron chi connectivity index (χ3n) is 4.41. The van der Waals surface area contributed by atoms with Crippen LogP contribution in [0.4, 0.5) is 16.2 Å². The van der Waals surface area contributed by atoms with Crippen LogP contribution >= 0.6 is 0 Å². The van der Waals surface area contributed by atoms with Crippen molar-refractivity contribution >= 4 is 17.5 Å². The second-order valence-corrected chi connectivity index (χ2v) is 7.61. The molecule has 24 heavy (non-hydrogen) atoms. The molecular weight excluding hydrogens is 304 g/mol. The summed E-state index contributed by atoms with van der Waals surface area (Å²) >= 11 is 0. The van der Waals surface area contributed by atoms with E-state index in [0.29, 0.717) is 12.6 Å². The zero-order valence-electron chi connectivity index (χ0n) is 14.9. The van der Waals surface area contributed by atoms with E-state index in [2.05, 4.69) is 17.4 Å². The Labute approximate surface area is 144 Å². The van der Waals surface area contributed by atoms with Crippen molar-refractivity contribution in [3.05, 3.63) is 23.8 Å². The van der Waals surface area contributed by atoms with Crippen LogP contribution in [0.15, 0.2) is 18.2 Å². The van der Waals surface area contributed by atoms with E-state index in [1.54, 1.807) is 4.90 Å². The maximum Gasteiger partial charge on any atom is 0.414 e. The molecule has 0 radical (unpaired) electrons. The molecule has 0 aliphatic carbocycles. The third-order valence-corrected chi connectivity index (χ3v) is 4.41. The van der Waals surface area contributed by atoms with E-state index in [4.69, 9.17) is 9.47 Å². The number of hydrogen-bond donors (Lipinski definition) is 1. The van der Waals surface area contributed by atoms with Gasteiger partial charge in [-0.15, -0.1) is 0 Å². The number of anilines is 2. The van der Waals surface area contributed by atoms with Gasteiger partial charge in [-0.2, -0.15) is 0 Å². The summed E-state index contributed by atoms with van der Waals surface area (Å²) in [5.74, 6) is 0. The van der Waals surface area contributed by atoms with E-state index in [-0.39, 0.29) is 6.09 Å². The molecular formula is C19H28N2O3. The third kappa shape index (κ3) is 4.20. The first-order valence-corrected chi connectivity index (χ1v) is 8.90. The average molecular weight is 332 g/mol. The summed E-state index contributed by atoms with van der Waals surface area (Å²) in [5.41, 5.74) is 2.84. The second kappa shape index (κ2) is 7.01. The van der Waals surface area contributed by atoms with Crippen LogP contribution in [-0.2, 0) is 15.9 Å². The van der Waals surface area contributed by atoms with Crippen molar-refractivity contribution in [2.75, 3.05) is 30.0 Å². The number of nitrogens with one attached hydrogen (secondary N) is 1. The quantitative estimate of drug-likeness (QED) is 0.890. The molecule has 2 aliphatic heterocycles. The van der Waals surface area contributed by atoms with Crippen LogP contribution in [0.1, 0.15) is 45.6 Å². The van der Waals surface area contributed by atoms with Gasteiger partial charge in [0.2, 0.25) is 0 Å². The van der Waals surface area contributed by atoms with Gasteiger partial charge in [0.05, 0.1) is 5.69 Å². The summed E-state index contributed by atoms with van der Waals surface area (Å²) in [6.07, 6.45) is 3.90. The van der Waals surface area contributed by atoms with Crippen LogP contribution in [0.25, 0.3) is 0 Å². The number of rotatable bonds is 2. The molecule has 0 saturated carbocycles. The predicted octanol–water partition coefficient (Wildman–Crippen LogP) is 3.97. The Kier molecular flexibility index (Phi) is 4.99. The van der Waals surface area contributed by atoms with Crippen LogP contribution < -0.4 is 10.2 Å². The zero-order chi connectivity index (χ0) is 17.2. The van der Waals surface area contributed by atoms with Crippen molar-refractivity contribution in [3.63, 3.8) is 0 Å². The number of hydrogen-bond acceptors (Lipinski definition) is 4. The molecule has 0 aromatic heterocycles. The van der Waals surface area contributed by atoms with Crippen LogP contribution in [0, 0.1) is 0 Å². The molecule has 1 fully saturated rings. The number of carbonyl (C=O) groups excluding carboxylic acids is 1. The highest BCUT2D eigenvalue weighted by Gasteiger charge is 2.29. The van der Waals surface area contributed by atoms with E-state index in [0.717, 1.165) is 50.3 Å². The smallest absolute Gasteiger partial charge is 0.414 e. The van der Waals surface area contributed by atoms with Crippen LogP contribution in [0.2, 0.25) is 0 Å². The van der Waals surface area contributed by atoms with Crippen LogP contribution in [-0.4, -0.2) is 37.5 Å². The Balaban J connectivity index is 1.67. The molecule has 5 nitrogen and oxygen atoms in total. The maximum atomic E-state index is 12.3. The average Bonchev–Trinajstić information content (AvgIpc) is 2.75. The molecule has 1 aromatic rings. The van der Waals surface area contributed by atoms with Crippen molar-refractivity contribution in [1.82, 2.24) is 0 Å². The Hall–Kier alpha value is -1.75. The number of benzene rings is 1. The molecule has 2 heterocycles. The van der Waals surface area contributed by atoms with Crippen molar-refractivity contribution in [2.24, 2.45) is 0 Å². The van der Waals surface area contributed by atoms with Gasteiger partial charge in [-0.1, -0.05) is 0 Å². The van der Waals surface area contributed by atoms with Gasteiger partial charge in [0.25, 0.3) is 0 Å². The highest BCUT2D eigenvalue weighted by molar-refractivity contribution is 5.91. The first-order valence-electron chi connectivity index (χ1n) is 8.90. The number of nitrogens with zero attached hydrogens (tertiary/aromatic N) is 1. The molecule has 1 atom stereocenters. The minimum absolute atomic E-state index is 0.261. The Bertz CT molecular complexity index is 587. The van der Waals surface area contributed by atoms with Crippen LogP contribution in [0.5, 0.6) is 0 Å². The number of fused-ring (bicyclic) bond motifs is 1. The van der Waals surface area contributed by atoms with Crippen LogP contribution in [0.3, 0.4) is 0 Å². The van der Waals surface area contributed by atoms with E-state index in [1.165, 1.54) is 5.56 Å². The molecule has 3 rings (SSSR count). The molecule has 1 aromatic carbocycles. The number of carbonyl (C=O) groups is 1. The lowest BCUT2D eigenvalue weighted by Gasteiger charge is -2.25. The fourth-order valence-corrected chi connectivity index (χ4v) is 3.28. The molecule has 0 unspecified atom stereocenters. The van der Waals surface area contributed by atoms with Gasteiger partial charge in [0, 0.05) is 31.5 Å². The summed E-state index contributed by atoms with van der Waals surface area (Å²) in [6.45, 7) is 8.06. The van der Waals surface area contributed by atoms with E-state index < -0.39 is 5.60 Å². The molecule has 5 heteroatoms. The lowest BCUT2D eigenvalue weighted by atomic mass is 10.1. The SMILES string of the molecule is CC(C)(C)OC(=O)N1CCc2cc(N[C@H]3CCCOCC3)ccc21. The molecule has 0 bridgehead atoms. The fourth-order valence-electron chi connectivity index (χ4n) is 3.28. The van der Waals surface area contributed by atoms with Crippen molar-refractivity contribution < 1.29 is 14.3 Å². The Morgan fingerprint density at radius 2 is 2.12 bits per heavy atom. The molecule has 1 N–H and O–H groups in total. The number of ether oxygens (including phenoxy) is 2. The fraction of sp³-hybridized carbons (Fsp3) is 0.632. The van der Waals surface area contributed by atoms with Crippen molar-refractivity contribution in [3.8, 4) is 0 Å². The van der Waals surface area contributed by atoms with E-state index >= 15 is 0 Å². The lowest BCUT2D eigenvalue weighted by Crippen LogP contribution is -2.35. The second-order valence-electron chi connectivity index (χ2n) is 7.61. The summed E-state index contributed by atoms with van der Waals surface area (Å²) in [6, 6.07) is 6.73. The number of amides is 1. The highest BCUT2D eigenvalue weighted by Crippen LogP contribution is 2.32. The van der Waals surface area contributed by atoms with Gasteiger partial charge in [0.15, 0.2) is 0 Å². The van der Waals surface area contributed by atoms with Crippen molar-refractivity contribution in [1.29, 1.82) is 0 Å². The van der Waals surface area contributed by atoms with Crippen molar-refractivity contribution in [2.45, 2.75) is 58.1 Å². The molecule has 0 spiro atoms. The molecule has 1 amide bonds. The topological polar surface area (TPSA) is 50.8 Å².